The molecule has 1 saturated heterocycles. The average molecular weight is 316 g/mol. The summed E-state index contributed by atoms with van der Waals surface area (Å²) < 4.78 is 34.6. The molecule has 0 saturated carbocycles. The van der Waals surface area contributed by atoms with Crippen molar-refractivity contribution in [3.63, 3.8) is 0 Å². The van der Waals surface area contributed by atoms with Crippen molar-refractivity contribution < 1.29 is 22.5 Å². The average Bonchev–Trinajstić information content (AvgIpc) is 3.06. The number of hydrogen-bond donors (Lipinski definition) is 1. The number of amides is 1. The van der Waals surface area contributed by atoms with Crippen molar-refractivity contribution in [3.8, 4) is 0 Å². The van der Waals surface area contributed by atoms with Crippen LogP contribution in [0.5, 0.6) is 0 Å². The molecule has 7 nitrogen and oxygen atoms in total. The maximum absolute atomic E-state index is 12.2. The first-order valence-corrected chi connectivity index (χ1v) is 8.63. The Morgan fingerprint density at radius 3 is 2.90 bits per heavy atom. The molecule has 0 aromatic carbocycles. The van der Waals surface area contributed by atoms with Crippen LogP contribution in [0.2, 0.25) is 0 Å². The zero-order valence-corrected chi connectivity index (χ0v) is 13.0. The monoisotopic (exact) mass is 316 g/mol. The first-order chi connectivity index (χ1) is 9.88. The predicted molar refractivity (Wildman–Crippen MR) is 75.3 cm³/mol. The van der Waals surface area contributed by atoms with Gasteiger partial charge in [-0.2, -0.15) is 0 Å². The molecule has 2 atom stereocenters. The molecular weight excluding hydrogens is 296 g/mol. The Labute approximate surface area is 123 Å². The summed E-state index contributed by atoms with van der Waals surface area (Å²) in [6.07, 6.45) is 1.85. The van der Waals surface area contributed by atoms with Crippen molar-refractivity contribution in [2.75, 3.05) is 13.2 Å². The van der Waals surface area contributed by atoms with Gasteiger partial charge in [0.2, 0.25) is 5.91 Å². The highest BCUT2D eigenvalue weighted by Crippen LogP contribution is 2.14. The number of nitrogens with one attached hydrogen (secondary N) is 1. The second-order valence-corrected chi connectivity index (χ2v) is 7.59. The molecule has 21 heavy (non-hydrogen) atoms. The normalized spacial score (nSPS) is 20.4. The molecule has 0 aliphatic carbocycles. The van der Waals surface area contributed by atoms with Crippen molar-refractivity contribution >= 4 is 15.7 Å². The van der Waals surface area contributed by atoms with Crippen LogP contribution < -0.4 is 5.32 Å². The van der Waals surface area contributed by atoms with E-state index in [-0.39, 0.29) is 17.6 Å². The lowest BCUT2D eigenvalue weighted by atomic mass is 10.2. The highest BCUT2D eigenvalue weighted by atomic mass is 32.2. The van der Waals surface area contributed by atoms with Crippen molar-refractivity contribution in [2.45, 2.75) is 43.8 Å². The van der Waals surface area contributed by atoms with E-state index >= 15 is 0 Å². The number of rotatable bonds is 6. The van der Waals surface area contributed by atoms with Gasteiger partial charge >= 0.3 is 0 Å². The van der Waals surface area contributed by atoms with Gasteiger partial charge in [-0.15, -0.1) is 0 Å². The van der Waals surface area contributed by atoms with Crippen LogP contribution in [0.3, 0.4) is 0 Å². The van der Waals surface area contributed by atoms with Crippen LogP contribution in [0.1, 0.15) is 31.2 Å². The van der Waals surface area contributed by atoms with Gasteiger partial charge in [0.05, 0.1) is 11.8 Å². The molecule has 2 rings (SSSR count). The van der Waals surface area contributed by atoms with E-state index in [1.165, 1.54) is 6.92 Å². The number of aromatic nitrogens is 1. The number of ether oxygens (including phenoxy) is 1. The van der Waals surface area contributed by atoms with Gasteiger partial charge in [0, 0.05) is 19.2 Å². The summed E-state index contributed by atoms with van der Waals surface area (Å²) in [5.41, 5.74) is 0.607. The molecular formula is C13H20N2O5S. The summed E-state index contributed by atoms with van der Waals surface area (Å²) >= 11 is 0. The molecule has 2 heterocycles. The van der Waals surface area contributed by atoms with Crippen molar-refractivity contribution in [3.05, 3.63) is 17.5 Å². The van der Waals surface area contributed by atoms with Gasteiger partial charge in [-0.3, -0.25) is 4.79 Å². The third kappa shape index (κ3) is 4.28. The zero-order valence-electron chi connectivity index (χ0n) is 12.2. The Balaban J connectivity index is 1.90. The topological polar surface area (TPSA) is 98.5 Å². The summed E-state index contributed by atoms with van der Waals surface area (Å²) in [5.74, 6) is -0.601. The Bertz CT molecular complexity index is 589. The van der Waals surface area contributed by atoms with Gasteiger partial charge in [0.25, 0.3) is 0 Å². The van der Waals surface area contributed by atoms with Gasteiger partial charge in [-0.25, -0.2) is 8.42 Å². The fraction of sp³-hybridized carbons (Fsp3) is 0.692. The third-order valence-corrected chi connectivity index (χ3v) is 5.43. The second-order valence-electron chi connectivity index (χ2n) is 5.26. The Morgan fingerprint density at radius 1 is 1.57 bits per heavy atom. The lowest BCUT2D eigenvalue weighted by molar-refractivity contribution is -0.120. The molecule has 118 valence electrons. The van der Waals surface area contributed by atoms with E-state index in [1.807, 2.05) is 0 Å². The quantitative estimate of drug-likeness (QED) is 0.824. The van der Waals surface area contributed by atoms with Crippen molar-refractivity contribution in [1.29, 1.82) is 0 Å². The number of aryl methyl sites for hydroxylation is 1. The smallest absolute Gasteiger partial charge is 0.238 e. The molecule has 1 amide bonds. The largest absolute Gasteiger partial charge is 0.376 e. The summed E-state index contributed by atoms with van der Waals surface area (Å²) in [6, 6.07) is 1.55. The molecule has 8 heteroatoms. The van der Waals surface area contributed by atoms with Gasteiger partial charge < -0.3 is 14.6 Å². The van der Waals surface area contributed by atoms with E-state index in [0.29, 0.717) is 18.8 Å². The van der Waals surface area contributed by atoms with Crippen LogP contribution in [0.4, 0.5) is 0 Å². The molecule has 1 fully saturated rings. The molecule has 1 N–H and O–H groups in total. The summed E-state index contributed by atoms with van der Waals surface area (Å²) in [7, 11) is -3.63. The van der Waals surface area contributed by atoms with Gasteiger partial charge in [-0.05, 0) is 26.7 Å². The molecule has 0 radical (unpaired) electrons. The van der Waals surface area contributed by atoms with Crippen LogP contribution in [0.15, 0.2) is 10.6 Å². The Kier molecular flexibility index (Phi) is 5.00. The van der Waals surface area contributed by atoms with Gasteiger partial charge in [0.15, 0.2) is 15.6 Å². The van der Waals surface area contributed by atoms with Crippen LogP contribution in [-0.2, 0) is 25.1 Å². The van der Waals surface area contributed by atoms with Gasteiger partial charge in [-0.1, -0.05) is 5.16 Å². The van der Waals surface area contributed by atoms with E-state index in [0.717, 1.165) is 12.8 Å². The van der Waals surface area contributed by atoms with Crippen molar-refractivity contribution in [2.24, 2.45) is 0 Å². The SMILES string of the molecule is Cc1cc(CS(=O)(=O)C(C)C(=O)NCC2CCCO2)on1. The number of carbonyl (C=O) groups excluding carboxylic acids is 1. The van der Waals surface area contributed by atoms with E-state index in [9.17, 15) is 13.2 Å². The van der Waals surface area contributed by atoms with Gasteiger partial charge in [0.1, 0.15) is 11.0 Å². The fourth-order valence-electron chi connectivity index (χ4n) is 2.13. The number of nitrogens with zero attached hydrogens (tertiary/aromatic N) is 1. The molecule has 1 aliphatic heterocycles. The fourth-order valence-corrected chi connectivity index (χ4v) is 3.33. The highest BCUT2D eigenvalue weighted by Gasteiger charge is 2.30. The number of carbonyl (C=O) groups is 1. The Hall–Kier alpha value is -1.41. The molecule has 0 spiro atoms. The Morgan fingerprint density at radius 2 is 2.33 bits per heavy atom. The zero-order chi connectivity index (χ0) is 15.5. The molecule has 1 aromatic heterocycles. The maximum atomic E-state index is 12.2. The molecule has 1 aromatic rings. The van der Waals surface area contributed by atoms with Crippen LogP contribution in [0, 0.1) is 6.92 Å². The van der Waals surface area contributed by atoms with Crippen LogP contribution in [0.25, 0.3) is 0 Å². The van der Waals surface area contributed by atoms with E-state index in [4.69, 9.17) is 9.26 Å². The maximum Gasteiger partial charge on any atom is 0.238 e. The lowest BCUT2D eigenvalue weighted by Gasteiger charge is -2.15. The number of sulfone groups is 1. The standard InChI is InChI=1S/C13H20N2O5S/c1-9-6-12(20-15-9)8-21(17,18)10(2)13(16)14-7-11-4-3-5-19-11/h6,10-11H,3-5,7-8H2,1-2H3,(H,14,16). The minimum absolute atomic E-state index is 0.0132. The van der Waals surface area contributed by atoms with Crippen LogP contribution in [-0.4, -0.2) is 44.0 Å². The lowest BCUT2D eigenvalue weighted by Crippen LogP contribution is -2.41. The third-order valence-electron chi connectivity index (χ3n) is 3.46. The first kappa shape index (κ1) is 16.0. The van der Waals surface area contributed by atoms with Crippen LogP contribution >= 0.6 is 0 Å². The van der Waals surface area contributed by atoms with E-state index in [2.05, 4.69) is 10.5 Å². The molecule has 2 unspecified atom stereocenters. The summed E-state index contributed by atoms with van der Waals surface area (Å²) in [4.78, 5) is 11.9. The minimum Gasteiger partial charge on any atom is -0.376 e. The first-order valence-electron chi connectivity index (χ1n) is 6.91. The summed E-state index contributed by atoms with van der Waals surface area (Å²) in [6.45, 7) is 4.13. The van der Waals surface area contributed by atoms with E-state index in [1.54, 1.807) is 13.0 Å². The van der Waals surface area contributed by atoms with E-state index < -0.39 is 21.0 Å². The summed E-state index contributed by atoms with van der Waals surface area (Å²) in [5, 5.41) is 5.13. The number of hydrogen-bond acceptors (Lipinski definition) is 6. The predicted octanol–water partition coefficient (Wildman–Crippen LogP) is 0.582. The highest BCUT2D eigenvalue weighted by molar-refractivity contribution is 7.92. The molecule has 1 aliphatic rings. The minimum atomic E-state index is -3.63. The molecule has 0 bridgehead atoms. The van der Waals surface area contributed by atoms with Crippen molar-refractivity contribution in [1.82, 2.24) is 10.5 Å². The second kappa shape index (κ2) is 6.57.